The minimum atomic E-state index is 0.404. The van der Waals surface area contributed by atoms with Crippen molar-refractivity contribution in [2.75, 3.05) is 12.3 Å². The van der Waals surface area contributed by atoms with E-state index in [1.165, 1.54) is 5.56 Å². The van der Waals surface area contributed by atoms with E-state index in [4.69, 9.17) is 17.3 Å². The highest BCUT2D eigenvalue weighted by molar-refractivity contribution is 8.13. The lowest BCUT2D eigenvalue weighted by Crippen LogP contribution is -2.19. The summed E-state index contributed by atoms with van der Waals surface area (Å²) in [6.07, 6.45) is 0. The summed E-state index contributed by atoms with van der Waals surface area (Å²) >= 11 is 7.70. The Kier molecular flexibility index (Phi) is 2.99. The van der Waals surface area contributed by atoms with Crippen LogP contribution in [0.1, 0.15) is 11.5 Å². The number of hydrogen-bond acceptors (Lipinski definition) is 3. The van der Waals surface area contributed by atoms with Gasteiger partial charge in [0.2, 0.25) is 0 Å². The van der Waals surface area contributed by atoms with E-state index < -0.39 is 0 Å². The topological polar surface area (TPSA) is 38.4 Å². The number of hydrogen-bond donors (Lipinski definition) is 1. The van der Waals surface area contributed by atoms with E-state index in [0.717, 1.165) is 17.3 Å². The molecule has 0 aliphatic carbocycles. The zero-order valence-corrected chi connectivity index (χ0v) is 9.18. The molecule has 0 bridgehead atoms. The number of amidine groups is 1. The zero-order valence-electron chi connectivity index (χ0n) is 7.61. The maximum absolute atomic E-state index is 6.10. The Morgan fingerprint density at radius 3 is 2.86 bits per heavy atom. The van der Waals surface area contributed by atoms with Gasteiger partial charge in [-0.15, -0.1) is 0 Å². The average molecular weight is 227 g/mol. The monoisotopic (exact) mass is 226 g/mol. The molecule has 0 saturated heterocycles. The van der Waals surface area contributed by atoms with E-state index in [-0.39, 0.29) is 0 Å². The number of nitrogens with zero attached hydrogens (tertiary/aromatic N) is 1. The van der Waals surface area contributed by atoms with Gasteiger partial charge >= 0.3 is 0 Å². The zero-order chi connectivity index (χ0) is 9.97. The van der Waals surface area contributed by atoms with Crippen molar-refractivity contribution in [3.05, 3.63) is 34.9 Å². The number of thioether (sulfide) groups is 1. The Labute approximate surface area is 92.5 Å². The Hall–Kier alpha value is -0.670. The van der Waals surface area contributed by atoms with Crippen LogP contribution in [0.4, 0.5) is 0 Å². The average Bonchev–Trinajstić information content (AvgIpc) is 2.20. The van der Waals surface area contributed by atoms with Gasteiger partial charge in [0.25, 0.3) is 0 Å². The fourth-order valence-electron chi connectivity index (χ4n) is 1.48. The Morgan fingerprint density at radius 1 is 1.43 bits per heavy atom. The van der Waals surface area contributed by atoms with Crippen molar-refractivity contribution < 1.29 is 0 Å². The highest BCUT2D eigenvalue weighted by Crippen LogP contribution is 2.29. The van der Waals surface area contributed by atoms with Crippen LogP contribution >= 0.6 is 23.4 Å². The molecule has 2 rings (SSSR count). The van der Waals surface area contributed by atoms with Gasteiger partial charge < -0.3 is 5.73 Å². The van der Waals surface area contributed by atoms with Gasteiger partial charge in [0.1, 0.15) is 0 Å². The second kappa shape index (κ2) is 4.24. The molecule has 4 heteroatoms. The molecule has 0 aromatic heterocycles. The summed E-state index contributed by atoms with van der Waals surface area (Å²) < 4.78 is 0. The van der Waals surface area contributed by atoms with Crippen molar-refractivity contribution in [3.8, 4) is 0 Å². The van der Waals surface area contributed by atoms with Crippen LogP contribution in [0.5, 0.6) is 0 Å². The third-order valence-electron chi connectivity index (χ3n) is 2.24. The molecule has 0 amide bonds. The SMILES string of the molecule is NC1=NCC(c2ccccc2Cl)CS1. The van der Waals surface area contributed by atoms with Crippen molar-refractivity contribution in [3.63, 3.8) is 0 Å². The normalized spacial score (nSPS) is 21.8. The summed E-state index contributed by atoms with van der Waals surface area (Å²) in [5.74, 6) is 1.37. The maximum atomic E-state index is 6.10. The minimum absolute atomic E-state index is 0.404. The molecule has 1 heterocycles. The van der Waals surface area contributed by atoms with Crippen molar-refractivity contribution in [1.29, 1.82) is 0 Å². The van der Waals surface area contributed by atoms with Crippen LogP contribution in [-0.2, 0) is 0 Å². The first kappa shape index (κ1) is 9.87. The lowest BCUT2D eigenvalue weighted by molar-refractivity contribution is 0.782. The van der Waals surface area contributed by atoms with Gasteiger partial charge in [-0.25, -0.2) is 0 Å². The molecule has 0 spiro atoms. The summed E-state index contributed by atoms with van der Waals surface area (Å²) in [5, 5.41) is 1.52. The summed E-state index contributed by atoms with van der Waals surface area (Å²) in [7, 11) is 0. The number of nitrogens with two attached hydrogens (primary N) is 1. The van der Waals surface area contributed by atoms with Gasteiger partial charge in [-0.3, -0.25) is 4.99 Å². The largest absolute Gasteiger partial charge is 0.379 e. The van der Waals surface area contributed by atoms with E-state index >= 15 is 0 Å². The van der Waals surface area contributed by atoms with Gasteiger partial charge in [0, 0.05) is 23.2 Å². The van der Waals surface area contributed by atoms with Gasteiger partial charge in [0.05, 0.1) is 0 Å². The van der Waals surface area contributed by atoms with Crippen LogP contribution in [-0.4, -0.2) is 17.5 Å². The van der Waals surface area contributed by atoms with Crippen molar-refractivity contribution in [2.45, 2.75) is 5.92 Å². The smallest absolute Gasteiger partial charge is 0.153 e. The molecule has 2 nitrogen and oxygen atoms in total. The Balaban J connectivity index is 2.21. The number of rotatable bonds is 1. The number of halogens is 1. The molecule has 2 N–H and O–H groups in total. The third kappa shape index (κ3) is 2.04. The van der Waals surface area contributed by atoms with E-state index in [1.54, 1.807) is 11.8 Å². The van der Waals surface area contributed by atoms with E-state index in [9.17, 15) is 0 Å². The summed E-state index contributed by atoms with van der Waals surface area (Å²) in [4.78, 5) is 4.23. The summed E-state index contributed by atoms with van der Waals surface area (Å²) in [6.45, 7) is 0.753. The van der Waals surface area contributed by atoms with Gasteiger partial charge in [-0.2, -0.15) is 0 Å². The van der Waals surface area contributed by atoms with Crippen LogP contribution in [0.15, 0.2) is 29.3 Å². The third-order valence-corrected chi connectivity index (χ3v) is 3.58. The molecule has 0 saturated carbocycles. The molecular weight excluding hydrogens is 216 g/mol. The van der Waals surface area contributed by atoms with Crippen LogP contribution in [0, 0.1) is 0 Å². The maximum Gasteiger partial charge on any atom is 0.153 e. The van der Waals surface area contributed by atoms with Crippen LogP contribution in [0.2, 0.25) is 5.02 Å². The van der Waals surface area contributed by atoms with Crippen molar-refractivity contribution in [2.24, 2.45) is 10.7 Å². The summed E-state index contributed by atoms with van der Waals surface area (Å²) in [6, 6.07) is 7.93. The molecular formula is C10H11ClN2S. The molecule has 74 valence electrons. The second-order valence-corrected chi connectivity index (χ2v) is 4.66. The first-order valence-electron chi connectivity index (χ1n) is 4.44. The van der Waals surface area contributed by atoms with Gasteiger partial charge in [-0.05, 0) is 11.6 Å². The van der Waals surface area contributed by atoms with Crippen LogP contribution in [0.3, 0.4) is 0 Å². The number of aliphatic imine (C=N–C) groups is 1. The lowest BCUT2D eigenvalue weighted by Gasteiger charge is -2.20. The standard InChI is InChI=1S/C10H11ClN2S/c11-9-4-2-1-3-8(9)7-5-13-10(12)14-6-7/h1-4,7H,5-6H2,(H2,12,13). The molecule has 1 atom stereocenters. The lowest BCUT2D eigenvalue weighted by atomic mass is 10.0. The van der Waals surface area contributed by atoms with Crippen LogP contribution < -0.4 is 5.73 Å². The van der Waals surface area contributed by atoms with Gasteiger partial charge in [-0.1, -0.05) is 41.6 Å². The molecule has 1 aliphatic rings. The molecule has 1 aliphatic heterocycles. The van der Waals surface area contributed by atoms with E-state index in [2.05, 4.69) is 11.1 Å². The Morgan fingerprint density at radius 2 is 2.21 bits per heavy atom. The fraction of sp³-hybridized carbons (Fsp3) is 0.300. The van der Waals surface area contributed by atoms with E-state index in [0.29, 0.717) is 11.1 Å². The quantitative estimate of drug-likeness (QED) is 0.799. The fourth-order valence-corrected chi connectivity index (χ4v) is 2.59. The molecule has 0 fully saturated rings. The molecule has 0 radical (unpaired) electrons. The molecule has 1 aromatic carbocycles. The van der Waals surface area contributed by atoms with Crippen LogP contribution in [0.25, 0.3) is 0 Å². The van der Waals surface area contributed by atoms with Crippen molar-refractivity contribution >= 4 is 28.5 Å². The van der Waals surface area contributed by atoms with E-state index in [1.807, 2.05) is 18.2 Å². The minimum Gasteiger partial charge on any atom is -0.379 e. The van der Waals surface area contributed by atoms with Crippen molar-refractivity contribution in [1.82, 2.24) is 0 Å². The Bertz CT molecular complexity index is 365. The summed E-state index contributed by atoms with van der Waals surface area (Å²) in [5.41, 5.74) is 6.77. The first-order chi connectivity index (χ1) is 6.77. The molecule has 1 aromatic rings. The molecule has 14 heavy (non-hydrogen) atoms. The highest BCUT2D eigenvalue weighted by Gasteiger charge is 2.18. The predicted octanol–water partition coefficient (Wildman–Crippen LogP) is 2.49. The second-order valence-electron chi connectivity index (χ2n) is 3.21. The first-order valence-corrected chi connectivity index (χ1v) is 5.81. The van der Waals surface area contributed by atoms with Gasteiger partial charge in [0.15, 0.2) is 5.17 Å². The predicted molar refractivity (Wildman–Crippen MR) is 63.1 cm³/mol. The number of benzene rings is 1. The molecule has 1 unspecified atom stereocenters. The highest BCUT2D eigenvalue weighted by atomic mass is 35.5.